The quantitative estimate of drug-likeness (QED) is 0.843. The van der Waals surface area contributed by atoms with E-state index in [1.807, 2.05) is 30.3 Å². The fraction of sp³-hybridized carbons (Fsp3) is 0.500. The van der Waals surface area contributed by atoms with Gasteiger partial charge in [0.05, 0.1) is 0 Å². The van der Waals surface area contributed by atoms with Crippen LogP contribution in [0.3, 0.4) is 0 Å². The maximum Gasteiger partial charge on any atom is 0.328 e. The van der Waals surface area contributed by atoms with Crippen molar-refractivity contribution in [2.45, 2.75) is 37.6 Å². The van der Waals surface area contributed by atoms with E-state index in [9.17, 15) is 9.90 Å². The molecule has 0 amide bonds. The van der Waals surface area contributed by atoms with Crippen molar-refractivity contribution in [2.75, 3.05) is 0 Å². The highest BCUT2D eigenvalue weighted by molar-refractivity contribution is 5.81. The summed E-state index contributed by atoms with van der Waals surface area (Å²) in [5.74, 6) is -0.855. The Morgan fingerprint density at radius 1 is 1.18 bits per heavy atom. The third kappa shape index (κ3) is 2.20. The van der Waals surface area contributed by atoms with Crippen LogP contribution in [0.25, 0.3) is 0 Å². The van der Waals surface area contributed by atoms with E-state index in [0.29, 0.717) is 0 Å². The number of hydrogen-bond donors (Lipinski definition) is 2. The molecule has 1 aromatic rings. The lowest BCUT2D eigenvalue weighted by molar-refractivity contribution is -0.146. The van der Waals surface area contributed by atoms with Crippen LogP contribution in [0, 0.1) is 5.92 Å². The standard InChI is InChI=1S/C14H19NO2/c15-14(13(16)17,11-7-3-1-4-8-11)12-9-5-2-6-10-12/h1,3-4,7-8,12H,2,5-6,9-10,15H2,(H,16,17)/t14-/m0/s1. The molecule has 3 N–H and O–H groups in total. The highest BCUT2D eigenvalue weighted by Gasteiger charge is 2.43. The SMILES string of the molecule is N[C@@](C(=O)O)(c1ccccc1)C1CCCCC1. The number of hydrogen-bond acceptors (Lipinski definition) is 2. The summed E-state index contributed by atoms with van der Waals surface area (Å²) in [7, 11) is 0. The molecule has 1 aliphatic rings. The monoisotopic (exact) mass is 233 g/mol. The van der Waals surface area contributed by atoms with Crippen molar-refractivity contribution in [3.8, 4) is 0 Å². The number of carboxylic acids is 1. The summed E-state index contributed by atoms with van der Waals surface area (Å²) in [6.45, 7) is 0. The summed E-state index contributed by atoms with van der Waals surface area (Å²) in [6, 6.07) is 9.23. The van der Waals surface area contributed by atoms with Crippen LogP contribution in [0.15, 0.2) is 30.3 Å². The van der Waals surface area contributed by atoms with Gasteiger partial charge in [-0.25, -0.2) is 4.79 Å². The predicted octanol–water partition coefficient (Wildman–Crippen LogP) is 2.51. The van der Waals surface area contributed by atoms with Gasteiger partial charge in [-0.15, -0.1) is 0 Å². The Hall–Kier alpha value is -1.35. The molecule has 0 bridgehead atoms. The zero-order valence-electron chi connectivity index (χ0n) is 9.93. The van der Waals surface area contributed by atoms with Gasteiger partial charge in [0.15, 0.2) is 0 Å². The van der Waals surface area contributed by atoms with E-state index in [1.165, 1.54) is 6.42 Å². The first kappa shape index (κ1) is 12.1. The molecule has 1 atom stereocenters. The van der Waals surface area contributed by atoms with Crippen molar-refractivity contribution in [2.24, 2.45) is 11.7 Å². The van der Waals surface area contributed by atoms with Crippen LogP contribution in [-0.2, 0) is 10.3 Å². The molecule has 17 heavy (non-hydrogen) atoms. The van der Waals surface area contributed by atoms with Gasteiger partial charge in [-0.1, -0.05) is 49.6 Å². The molecule has 0 radical (unpaired) electrons. The van der Waals surface area contributed by atoms with Crippen molar-refractivity contribution >= 4 is 5.97 Å². The van der Waals surface area contributed by atoms with Crippen molar-refractivity contribution in [1.82, 2.24) is 0 Å². The minimum absolute atomic E-state index is 0.0520. The summed E-state index contributed by atoms with van der Waals surface area (Å²) in [5, 5.41) is 9.51. The minimum atomic E-state index is -1.22. The van der Waals surface area contributed by atoms with Gasteiger partial charge in [0.2, 0.25) is 0 Å². The van der Waals surface area contributed by atoms with E-state index < -0.39 is 11.5 Å². The van der Waals surface area contributed by atoms with Crippen LogP contribution in [0.2, 0.25) is 0 Å². The van der Waals surface area contributed by atoms with Crippen LogP contribution in [0.5, 0.6) is 0 Å². The Labute approximate surface area is 102 Å². The molecule has 0 heterocycles. The third-order valence-electron chi connectivity index (χ3n) is 3.85. The first-order chi connectivity index (χ1) is 8.15. The van der Waals surface area contributed by atoms with Gasteiger partial charge in [-0.05, 0) is 24.3 Å². The fourth-order valence-electron chi connectivity index (χ4n) is 2.81. The topological polar surface area (TPSA) is 63.3 Å². The second-order valence-electron chi connectivity index (χ2n) is 4.88. The fourth-order valence-corrected chi connectivity index (χ4v) is 2.81. The first-order valence-electron chi connectivity index (χ1n) is 6.23. The summed E-state index contributed by atoms with van der Waals surface area (Å²) >= 11 is 0. The van der Waals surface area contributed by atoms with E-state index >= 15 is 0 Å². The molecule has 1 fully saturated rings. The van der Waals surface area contributed by atoms with Gasteiger partial charge in [0.1, 0.15) is 5.54 Å². The lowest BCUT2D eigenvalue weighted by Gasteiger charge is -2.36. The summed E-state index contributed by atoms with van der Waals surface area (Å²) in [6.07, 6.45) is 5.20. The second-order valence-corrected chi connectivity index (χ2v) is 4.88. The molecule has 0 unspecified atom stereocenters. The Bertz CT molecular complexity index is 384. The molecule has 1 aliphatic carbocycles. The summed E-state index contributed by atoms with van der Waals surface area (Å²) in [4.78, 5) is 11.6. The van der Waals surface area contributed by atoms with Gasteiger partial charge < -0.3 is 10.8 Å². The average molecular weight is 233 g/mol. The molecule has 0 aliphatic heterocycles. The lowest BCUT2D eigenvalue weighted by Crippen LogP contribution is -2.51. The van der Waals surface area contributed by atoms with E-state index in [-0.39, 0.29) is 5.92 Å². The lowest BCUT2D eigenvalue weighted by atomic mass is 9.71. The average Bonchev–Trinajstić information content (AvgIpc) is 2.39. The molecular formula is C14H19NO2. The Balaban J connectivity index is 2.35. The molecule has 0 spiro atoms. The van der Waals surface area contributed by atoms with Crippen molar-refractivity contribution in [3.63, 3.8) is 0 Å². The van der Waals surface area contributed by atoms with Crippen molar-refractivity contribution < 1.29 is 9.90 Å². The van der Waals surface area contributed by atoms with Gasteiger partial charge in [0.25, 0.3) is 0 Å². The summed E-state index contributed by atoms with van der Waals surface area (Å²) in [5.41, 5.74) is 5.74. The molecule has 1 saturated carbocycles. The van der Waals surface area contributed by atoms with Crippen LogP contribution in [-0.4, -0.2) is 11.1 Å². The molecule has 2 rings (SSSR count). The van der Waals surface area contributed by atoms with Crippen molar-refractivity contribution in [3.05, 3.63) is 35.9 Å². The largest absolute Gasteiger partial charge is 0.480 e. The summed E-state index contributed by atoms with van der Waals surface area (Å²) < 4.78 is 0. The first-order valence-corrected chi connectivity index (χ1v) is 6.23. The van der Waals surface area contributed by atoms with E-state index in [4.69, 9.17) is 5.73 Å². The molecule has 0 aromatic heterocycles. The maximum absolute atomic E-state index is 11.6. The smallest absolute Gasteiger partial charge is 0.328 e. The zero-order chi connectivity index (χ0) is 12.3. The highest BCUT2D eigenvalue weighted by atomic mass is 16.4. The van der Waals surface area contributed by atoms with Crippen LogP contribution < -0.4 is 5.73 Å². The molecule has 3 heteroatoms. The van der Waals surface area contributed by atoms with E-state index in [1.54, 1.807) is 0 Å². The minimum Gasteiger partial charge on any atom is -0.480 e. The van der Waals surface area contributed by atoms with Gasteiger partial charge in [-0.3, -0.25) is 0 Å². The van der Waals surface area contributed by atoms with Gasteiger partial charge in [0, 0.05) is 0 Å². The predicted molar refractivity (Wildman–Crippen MR) is 66.5 cm³/mol. The van der Waals surface area contributed by atoms with Crippen LogP contribution in [0.1, 0.15) is 37.7 Å². The number of nitrogens with two attached hydrogens (primary N) is 1. The number of aliphatic carboxylic acids is 1. The second kappa shape index (κ2) is 4.88. The van der Waals surface area contributed by atoms with Crippen LogP contribution in [0.4, 0.5) is 0 Å². The van der Waals surface area contributed by atoms with E-state index in [2.05, 4.69) is 0 Å². The Morgan fingerprint density at radius 3 is 2.29 bits per heavy atom. The number of benzene rings is 1. The molecule has 0 saturated heterocycles. The molecule has 1 aromatic carbocycles. The third-order valence-corrected chi connectivity index (χ3v) is 3.85. The zero-order valence-corrected chi connectivity index (χ0v) is 9.93. The van der Waals surface area contributed by atoms with Crippen LogP contribution >= 0.6 is 0 Å². The number of carbonyl (C=O) groups is 1. The number of carboxylic acid groups (broad SMARTS) is 1. The van der Waals surface area contributed by atoms with Crippen molar-refractivity contribution in [1.29, 1.82) is 0 Å². The highest BCUT2D eigenvalue weighted by Crippen LogP contribution is 2.37. The molecular weight excluding hydrogens is 214 g/mol. The van der Waals surface area contributed by atoms with E-state index in [0.717, 1.165) is 31.2 Å². The molecule has 92 valence electrons. The van der Waals surface area contributed by atoms with Gasteiger partial charge >= 0.3 is 5.97 Å². The number of rotatable bonds is 3. The Morgan fingerprint density at radius 2 is 1.76 bits per heavy atom. The normalized spacial score (nSPS) is 20.8. The van der Waals surface area contributed by atoms with Gasteiger partial charge in [-0.2, -0.15) is 0 Å². The maximum atomic E-state index is 11.6. The molecule has 3 nitrogen and oxygen atoms in total. The Kier molecular flexibility index (Phi) is 3.48.